The van der Waals surface area contributed by atoms with Crippen LogP contribution in [0.4, 0.5) is 0 Å². The first-order valence-electron chi connectivity index (χ1n) is 18.4. The number of nitrogens with zero attached hydrogens (tertiary/aromatic N) is 3. The molecule has 1 fully saturated rings. The normalized spacial score (nSPS) is 13.0. The van der Waals surface area contributed by atoms with E-state index in [1.165, 1.54) is 47.5 Å². The fourth-order valence-electron chi connectivity index (χ4n) is 7.67. The maximum Gasteiger partial charge on any atom is 0.0799 e. The molecule has 0 unspecified atom stereocenters. The van der Waals surface area contributed by atoms with E-state index in [0.717, 1.165) is 45.2 Å². The molecule has 0 aliphatic heterocycles. The molecule has 0 bridgehead atoms. The predicted molar refractivity (Wildman–Crippen MR) is 221 cm³/mol. The first-order valence-corrected chi connectivity index (χ1v) is 21.9. The van der Waals surface area contributed by atoms with Gasteiger partial charge in [-0.3, -0.25) is 0 Å². The van der Waals surface area contributed by atoms with Crippen LogP contribution in [-0.4, -0.2) is 22.6 Å². The van der Waals surface area contributed by atoms with Gasteiger partial charge in [0.1, 0.15) is 0 Å². The molecule has 53 heavy (non-hydrogen) atoms. The van der Waals surface area contributed by atoms with Crippen LogP contribution in [-0.2, 0) is 20.1 Å². The summed E-state index contributed by atoms with van der Waals surface area (Å²) in [5, 5.41) is 3.99. The number of hydrogen-bond acceptors (Lipinski definition) is 2. The van der Waals surface area contributed by atoms with Crippen LogP contribution in [0.3, 0.4) is 0 Å². The summed E-state index contributed by atoms with van der Waals surface area (Å²) in [6, 6.07) is 55.3. The van der Waals surface area contributed by atoms with Crippen molar-refractivity contribution in [2.45, 2.75) is 51.2 Å². The largest absolute Gasteiger partial charge is 0.351 e. The van der Waals surface area contributed by atoms with Crippen LogP contribution in [0.25, 0.3) is 61.1 Å². The molecule has 1 saturated carbocycles. The maximum absolute atomic E-state index is 4.75. The second kappa shape index (κ2) is 16.0. The molecule has 1 radical (unpaired) electrons. The number of para-hydroxylation sites is 2. The van der Waals surface area contributed by atoms with Crippen molar-refractivity contribution in [1.82, 2.24) is 14.5 Å². The molecule has 3 heterocycles. The van der Waals surface area contributed by atoms with E-state index in [2.05, 4.69) is 163 Å². The monoisotopic (exact) mass is 882 g/mol. The summed E-state index contributed by atoms with van der Waals surface area (Å²) in [6.07, 6.45) is 9.49. The van der Waals surface area contributed by atoms with Crippen molar-refractivity contribution in [1.29, 1.82) is 0 Å². The fraction of sp³-hybridized carbons (Fsp3) is 0.167. The van der Waals surface area contributed by atoms with Crippen LogP contribution < -0.4 is 5.19 Å². The second-order valence-electron chi connectivity index (χ2n) is 14.8. The Hall–Kier alpha value is -4.93. The van der Waals surface area contributed by atoms with Crippen LogP contribution in [0.1, 0.15) is 37.2 Å². The van der Waals surface area contributed by atoms with Gasteiger partial charge in [-0.15, -0.1) is 59.7 Å². The number of rotatable bonds is 6. The van der Waals surface area contributed by atoms with E-state index in [1.54, 1.807) is 10.8 Å². The summed E-state index contributed by atoms with van der Waals surface area (Å²) in [6.45, 7) is 7.28. The van der Waals surface area contributed by atoms with E-state index in [0.29, 0.717) is 0 Å². The van der Waals surface area contributed by atoms with Gasteiger partial charge in [0.2, 0.25) is 0 Å². The van der Waals surface area contributed by atoms with Gasteiger partial charge in [0.25, 0.3) is 0 Å². The molecule has 3 aromatic heterocycles. The van der Waals surface area contributed by atoms with Crippen molar-refractivity contribution in [3.8, 4) is 39.3 Å². The first kappa shape index (κ1) is 36.4. The molecule has 0 atom stereocenters. The van der Waals surface area contributed by atoms with E-state index in [9.17, 15) is 0 Å². The van der Waals surface area contributed by atoms with Gasteiger partial charge in [0.15, 0.2) is 0 Å². The van der Waals surface area contributed by atoms with Crippen LogP contribution >= 0.6 is 0 Å². The third-order valence-corrected chi connectivity index (χ3v) is 12.3. The Bertz CT molecular complexity index is 2450. The first-order chi connectivity index (χ1) is 25.4. The molecule has 0 spiro atoms. The molecule has 0 amide bonds. The Balaban J connectivity index is 0.000000174. The summed E-state index contributed by atoms with van der Waals surface area (Å²) in [7, 11) is -1.34. The van der Waals surface area contributed by atoms with Crippen molar-refractivity contribution in [3.05, 3.63) is 170 Å². The number of benzene rings is 5. The van der Waals surface area contributed by atoms with Crippen LogP contribution in [0.5, 0.6) is 0 Å². The minimum Gasteiger partial charge on any atom is -0.351 e. The van der Waals surface area contributed by atoms with Gasteiger partial charge in [-0.25, -0.2) is 0 Å². The Morgan fingerprint density at radius 3 is 2.06 bits per heavy atom. The molecule has 1 aliphatic carbocycles. The Morgan fingerprint density at radius 1 is 0.623 bits per heavy atom. The minimum absolute atomic E-state index is 0. The summed E-state index contributed by atoms with van der Waals surface area (Å²) in [4.78, 5) is 9.40. The molecule has 9 rings (SSSR count). The topological polar surface area (TPSA) is 30.7 Å². The molecule has 0 N–H and O–H groups in total. The van der Waals surface area contributed by atoms with E-state index in [4.69, 9.17) is 4.98 Å². The molecular weight excluding hydrogens is 839 g/mol. The minimum atomic E-state index is -1.34. The predicted octanol–water partition coefficient (Wildman–Crippen LogP) is 12.1. The van der Waals surface area contributed by atoms with Crippen molar-refractivity contribution in [3.63, 3.8) is 0 Å². The van der Waals surface area contributed by atoms with E-state index in [1.807, 2.05) is 30.5 Å². The Morgan fingerprint density at radius 2 is 1.32 bits per heavy atom. The number of pyridine rings is 2. The number of aromatic nitrogens is 3. The number of fused-ring (bicyclic) bond motifs is 3. The maximum atomic E-state index is 4.75. The zero-order valence-electron chi connectivity index (χ0n) is 30.5. The van der Waals surface area contributed by atoms with Crippen LogP contribution in [0.2, 0.25) is 19.6 Å². The van der Waals surface area contributed by atoms with Crippen molar-refractivity contribution in [2.24, 2.45) is 0 Å². The summed E-state index contributed by atoms with van der Waals surface area (Å²) >= 11 is 0. The molecule has 5 heteroatoms. The van der Waals surface area contributed by atoms with Gasteiger partial charge in [-0.2, -0.15) is 0 Å². The van der Waals surface area contributed by atoms with Crippen molar-refractivity contribution >= 4 is 35.1 Å². The van der Waals surface area contributed by atoms with Crippen molar-refractivity contribution < 1.29 is 20.1 Å². The second-order valence-corrected chi connectivity index (χ2v) is 19.8. The smallest absolute Gasteiger partial charge is 0.0799 e. The van der Waals surface area contributed by atoms with Crippen molar-refractivity contribution in [2.75, 3.05) is 0 Å². The van der Waals surface area contributed by atoms with Gasteiger partial charge in [-0.05, 0) is 81.6 Å². The zero-order chi connectivity index (χ0) is 35.5. The molecule has 8 aromatic rings. The van der Waals surface area contributed by atoms with Gasteiger partial charge >= 0.3 is 0 Å². The van der Waals surface area contributed by atoms with Gasteiger partial charge in [-0.1, -0.05) is 122 Å². The third-order valence-electron chi connectivity index (χ3n) is 10.3. The van der Waals surface area contributed by atoms with Gasteiger partial charge in [0.05, 0.1) is 8.07 Å². The Labute approximate surface area is 328 Å². The fourth-order valence-corrected chi connectivity index (χ4v) is 9.27. The quantitative estimate of drug-likeness (QED) is 0.123. The average Bonchev–Trinajstić information content (AvgIpc) is 3.86. The average molecular weight is 882 g/mol. The molecule has 5 aromatic carbocycles. The summed E-state index contributed by atoms with van der Waals surface area (Å²) < 4.78 is 2.30. The van der Waals surface area contributed by atoms with Gasteiger partial charge < -0.3 is 14.5 Å². The third kappa shape index (κ3) is 7.75. The van der Waals surface area contributed by atoms with E-state index >= 15 is 0 Å². The molecule has 265 valence electrons. The van der Waals surface area contributed by atoms with Gasteiger partial charge in [0, 0.05) is 43.7 Å². The molecule has 3 nitrogen and oxygen atoms in total. The van der Waals surface area contributed by atoms with E-state index in [-0.39, 0.29) is 20.1 Å². The standard InChI is InChI=1S/C29H19N2.C19H24NSi.Ir/c1-3-9-21(10-4-1)22-17-18-30-27(20-22)23-15-16-29-26(19-23)25-13-7-8-14-28(25)31(29)24-11-5-2-6-12-24;1-21(2,3)19-14-20-18(16-11-5-4-6-12-16)13-17(19)15-9-7-8-10-15;/h1-14,16-20H;4-6,11,13-15H,7-10H2,1-3H3;/q2*-1;. The SMILES string of the molecule is C[Si](C)(C)c1cnc(-c2[c-]cccc2)cc1C1CCCC1.[Ir].[c-]1cc2c(cc1-c1cc(-c3ccccc3)ccn1)c1ccccc1n2-c1ccccc1. The molecule has 0 saturated heterocycles. The number of hydrogen-bond donors (Lipinski definition) is 0. The molecule has 1 aliphatic rings. The zero-order valence-corrected chi connectivity index (χ0v) is 33.9. The summed E-state index contributed by atoms with van der Waals surface area (Å²) in [5.41, 5.74) is 11.5. The van der Waals surface area contributed by atoms with E-state index < -0.39 is 8.07 Å². The summed E-state index contributed by atoms with van der Waals surface area (Å²) in [5.74, 6) is 0.747. The Kier molecular flexibility index (Phi) is 11.0. The van der Waals surface area contributed by atoms with Crippen LogP contribution in [0, 0.1) is 12.1 Å². The van der Waals surface area contributed by atoms with Crippen LogP contribution in [0.15, 0.2) is 152 Å². The molecular formula is C48H43IrN3Si-2.